The average Bonchev–Trinajstić information content (AvgIpc) is 2.82. The molecule has 3 nitrogen and oxygen atoms in total. The highest BCUT2D eigenvalue weighted by molar-refractivity contribution is 5.47. The maximum absolute atomic E-state index is 3.97. The summed E-state index contributed by atoms with van der Waals surface area (Å²) in [7, 11) is 0. The van der Waals surface area contributed by atoms with E-state index < -0.39 is 0 Å². The van der Waals surface area contributed by atoms with Crippen LogP contribution in [0.4, 0.5) is 5.69 Å². The van der Waals surface area contributed by atoms with Gasteiger partial charge in [0.2, 0.25) is 0 Å². The second-order valence-electron chi connectivity index (χ2n) is 5.71. The Morgan fingerprint density at radius 1 is 1.11 bits per heavy atom. The van der Waals surface area contributed by atoms with Gasteiger partial charge in [-0.25, -0.2) is 0 Å². The predicted octanol–water partition coefficient (Wildman–Crippen LogP) is 3.88. The minimum Gasteiger partial charge on any atom is -0.377 e. The van der Waals surface area contributed by atoms with Crippen LogP contribution >= 0.6 is 0 Å². The van der Waals surface area contributed by atoms with Gasteiger partial charge in [0.15, 0.2) is 0 Å². The molecule has 18 heavy (non-hydrogen) atoms. The molecule has 3 heteroatoms. The van der Waals surface area contributed by atoms with Crippen LogP contribution in [0.1, 0.15) is 45.0 Å². The van der Waals surface area contributed by atoms with Crippen molar-refractivity contribution >= 4 is 5.69 Å². The van der Waals surface area contributed by atoms with Gasteiger partial charge in [0.25, 0.3) is 0 Å². The van der Waals surface area contributed by atoms with E-state index in [1.807, 2.05) is 6.07 Å². The molecule has 0 saturated carbocycles. The quantitative estimate of drug-likeness (QED) is 0.859. The first-order valence-corrected chi connectivity index (χ1v) is 6.33. The average molecular weight is 243 g/mol. The summed E-state index contributed by atoms with van der Waals surface area (Å²) in [6, 6.07) is 10.8. The lowest BCUT2D eigenvalue weighted by Crippen LogP contribution is -2.11. The highest BCUT2D eigenvalue weighted by Crippen LogP contribution is 2.24. The number of aromatic nitrogens is 2. The predicted molar refractivity (Wildman–Crippen MR) is 75.8 cm³/mol. The van der Waals surface area contributed by atoms with Gasteiger partial charge in [0, 0.05) is 11.9 Å². The van der Waals surface area contributed by atoms with Gasteiger partial charge in [-0.3, -0.25) is 5.10 Å². The summed E-state index contributed by atoms with van der Waals surface area (Å²) in [6.45, 7) is 8.79. The smallest absolute Gasteiger partial charge is 0.0651 e. The highest BCUT2D eigenvalue weighted by Gasteiger charge is 2.13. The first-order chi connectivity index (χ1) is 8.47. The number of benzene rings is 1. The molecule has 1 heterocycles. The van der Waals surface area contributed by atoms with Gasteiger partial charge in [-0.2, -0.15) is 5.10 Å². The van der Waals surface area contributed by atoms with Crippen molar-refractivity contribution in [2.75, 3.05) is 5.32 Å². The minimum atomic E-state index is 0.202. The number of nitrogens with one attached hydrogen (secondary N) is 2. The van der Waals surface area contributed by atoms with Crippen LogP contribution in [0, 0.1) is 0 Å². The molecule has 1 atom stereocenters. The van der Waals surface area contributed by atoms with Crippen molar-refractivity contribution in [1.29, 1.82) is 0 Å². The molecule has 0 aliphatic heterocycles. The van der Waals surface area contributed by atoms with Gasteiger partial charge in [-0.15, -0.1) is 0 Å². The van der Waals surface area contributed by atoms with Crippen LogP contribution < -0.4 is 5.32 Å². The van der Waals surface area contributed by atoms with Crippen LogP contribution in [-0.4, -0.2) is 10.2 Å². The molecule has 1 unspecified atom stereocenters. The fraction of sp³-hybridized carbons (Fsp3) is 0.400. The Morgan fingerprint density at radius 2 is 1.78 bits per heavy atom. The Kier molecular flexibility index (Phi) is 3.41. The number of rotatable bonds is 3. The Hall–Kier alpha value is -1.77. The van der Waals surface area contributed by atoms with Crippen LogP contribution in [0.2, 0.25) is 0 Å². The first-order valence-electron chi connectivity index (χ1n) is 6.33. The maximum Gasteiger partial charge on any atom is 0.0651 e. The van der Waals surface area contributed by atoms with Crippen LogP contribution in [0.15, 0.2) is 36.5 Å². The van der Waals surface area contributed by atoms with E-state index in [-0.39, 0.29) is 11.5 Å². The van der Waals surface area contributed by atoms with Crippen molar-refractivity contribution in [2.24, 2.45) is 0 Å². The van der Waals surface area contributed by atoms with Crippen LogP contribution in [0.25, 0.3) is 0 Å². The summed E-state index contributed by atoms with van der Waals surface area (Å²) in [5.41, 5.74) is 3.77. The number of anilines is 1. The Bertz CT molecular complexity index is 477. The standard InChI is InChI=1S/C15H21N3/c1-11(14-9-10-16-18-14)17-13-7-5-12(6-8-13)15(2,3)4/h5-11,17H,1-4H3,(H,16,18). The third-order valence-electron chi connectivity index (χ3n) is 3.12. The zero-order valence-electron chi connectivity index (χ0n) is 11.5. The third-order valence-corrected chi connectivity index (χ3v) is 3.12. The van der Waals surface area contributed by atoms with E-state index in [2.05, 4.69) is 67.5 Å². The zero-order valence-corrected chi connectivity index (χ0v) is 11.5. The third kappa shape index (κ3) is 2.92. The minimum absolute atomic E-state index is 0.202. The van der Waals surface area contributed by atoms with Crippen LogP contribution in [-0.2, 0) is 5.41 Å². The van der Waals surface area contributed by atoms with Crippen LogP contribution in [0.5, 0.6) is 0 Å². The van der Waals surface area contributed by atoms with Gasteiger partial charge in [-0.05, 0) is 36.1 Å². The summed E-state index contributed by atoms with van der Waals surface area (Å²) in [4.78, 5) is 0. The zero-order chi connectivity index (χ0) is 13.2. The van der Waals surface area contributed by atoms with Crippen molar-refractivity contribution in [3.8, 4) is 0 Å². The maximum atomic E-state index is 3.97. The summed E-state index contributed by atoms with van der Waals surface area (Å²) in [5.74, 6) is 0. The molecule has 2 aromatic rings. The van der Waals surface area contributed by atoms with Crippen molar-refractivity contribution in [1.82, 2.24) is 10.2 Å². The molecular weight excluding hydrogens is 222 g/mol. The monoisotopic (exact) mass is 243 g/mol. The Labute approximate surface area is 109 Å². The van der Waals surface area contributed by atoms with E-state index in [0.29, 0.717) is 0 Å². The fourth-order valence-electron chi connectivity index (χ4n) is 1.90. The van der Waals surface area contributed by atoms with Gasteiger partial charge in [-0.1, -0.05) is 32.9 Å². The van der Waals surface area contributed by atoms with Crippen molar-refractivity contribution in [3.63, 3.8) is 0 Å². The van der Waals surface area contributed by atoms with E-state index in [0.717, 1.165) is 11.4 Å². The summed E-state index contributed by atoms with van der Waals surface area (Å²) >= 11 is 0. The fourth-order valence-corrected chi connectivity index (χ4v) is 1.90. The number of H-pyrrole nitrogens is 1. The molecular formula is C15H21N3. The molecule has 0 fully saturated rings. The van der Waals surface area contributed by atoms with E-state index in [1.165, 1.54) is 5.56 Å². The Morgan fingerprint density at radius 3 is 2.28 bits per heavy atom. The van der Waals surface area contributed by atoms with Crippen molar-refractivity contribution < 1.29 is 0 Å². The molecule has 0 bridgehead atoms. The van der Waals surface area contributed by atoms with Gasteiger partial charge in [0.1, 0.15) is 0 Å². The second kappa shape index (κ2) is 4.84. The number of nitrogens with zero attached hydrogens (tertiary/aromatic N) is 1. The molecule has 0 aliphatic carbocycles. The second-order valence-corrected chi connectivity index (χ2v) is 5.71. The van der Waals surface area contributed by atoms with Gasteiger partial charge >= 0.3 is 0 Å². The normalized spacial score (nSPS) is 13.3. The summed E-state index contributed by atoms with van der Waals surface area (Å²) < 4.78 is 0. The van der Waals surface area contributed by atoms with E-state index >= 15 is 0 Å². The molecule has 0 saturated heterocycles. The Balaban J connectivity index is 2.07. The SMILES string of the molecule is CC(Nc1ccc(C(C)(C)C)cc1)c1ccn[nH]1. The molecule has 96 valence electrons. The van der Waals surface area contributed by atoms with Crippen molar-refractivity contribution in [2.45, 2.75) is 39.2 Å². The van der Waals surface area contributed by atoms with Crippen molar-refractivity contribution in [3.05, 3.63) is 47.8 Å². The molecule has 0 spiro atoms. The largest absolute Gasteiger partial charge is 0.377 e. The number of aromatic amines is 1. The molecule has 2 N–H and O–H groups in total. The summed E-state index contributed by atoms with van der Waals surface area (Å²) in [5, 5.41) is 10.4. The van der Waals surface area contributed by atoms with Crippen LogP contribution in [0.3, 0.4) is 0 Å². The molecule has 1 aromatic heterocycles. The molecule has 0 radical (unpaired) electrons. The molecule has 2 rings (SSSR count). The van der Waals surface area contributed by atoms with E-state index in [1.54, 1.807) is 6.20 Å². The lowest BCUT2D eigenvalue weighted by molar-refractivity contribution is 0.590. The summed E-state index contributed by atoms with van der Waals surface area (Å²) in [6.07, 6.45) is 1.77. The molecule has 1 aromatic carbocycles. The first kappa shape index (κ1) is 12.7. The van der Waals surface area contributed by atoms with E-state index in [9.17, 15) is 0 Å². The van der Waals surface area contributed by atoms with Gasteiger partial charge in [0.05, 0.1) is 11.7 Å². The topological polar surface area (TPSA) is 40.7 Å². The lowest BCUT2D eigenvalue weighted by atomic mass is 9.87. The van der Waals surface area contributed by atoms with Gasteiger partial charge < -0.3 is 5.32 Å². The number of hydrogen-bond acceptors (Lipinski definition) is 2. The van der Waals surface area contributed by atoms with E-state index in [4.69, 9.17) is 0 Å². The lowest BCUT2D eigenvalue weighted by Gasteiger charge is -2.20. The molecule has 0 amide bonds. The molecule has 0 aliphatic rings. The highest BCUT2D eigenvalue weighted by atomic mass is 15.1. The number of hydrogen-bond donors (Lipinski definition) is 2.